The van der Waals surface area contributed by atoms with Crippen molar-refractivity contribution < 1.29 is 19.1 Å². The van der Waals surface area contributed by atoms with E-state index in [1.165, 1.54) is 29.0 Å². The van der Waals surface area contributed by atoms with Crippen LogP contribution in [0.4, 0.5) is 10.6 Å². The van der Waals surface area contributed by atoms with Crippen LogP contribution in [0, 0.1) is 18.8 Å². The number of amides is 2. The van der Waals surface area contributed by atoms with E-state index in [1.807, 2.05) is 28.3 Å². The van der Waals surface area contributed by atoms with Crippen LogP contribution in [-0.2, 0) is 9.53 Å². The van der Waals surface area contributed by atoms with E-state index in [9.17, 15) is 9.59 Å². The van der Waals surface area contributed by atoms with E-state index in [0.717, 1.165) is 73.6 Å². The smallest absolute Gasteiger partial charge is 0.410 e. The standard InChI is InChI=1S/C39H51N5O4S/c1-26-22-31(12-15-34(26)47-3)28-6-4-27(5-7-28)25-44(36-23-32(16-17-40-36)35-24-41-37(49-35)29-8-9-29)38(45)30-10-13-33(14-11-30)48-39(46)43-20-18-42(2)19-21-43/h12,15-17,22-24,27-30,33H,4-11,13-14,18-21,25H2,1-3H3. The zero-order valence-electron chi connectivity index (χ0n) is 29.3. The third-order valence-electron chi connectivity index (χ3n) is 11.3. The third-order valence-corrected chi connectivity index (χ3v) is 12.5. The van der Waals surface area contributed by atoms with E-state index in [-0.39, 0.29) is 24.0 Å². The van der Waals surface area contributed by atoms with Gasteiger partial charge in [0.05, 0.1) is 17.0 Å². The summed E-state index contributed by atoms with van der Waals surface area (Å²) in [5.41, 5.74) is 3.64. The van der Waals surface area contributed by atoms with Gasteiger partial charge in [0.1, 0.15) is 17.7 Å². The molecule has 0 atom stereocenters. The lowest BCUT2D eigenvalue weighted by Crippen LogP contribution is -2.48. The molecule has 3 aliphatic carbocycles. The number of carbonyl (C=O) groups excluding carboxylic acids is 2. The van der Waals surface area contributed by atoms with Gasteiger partial charge in [0.15, 0.2) is 0 Å². The van der Waals surface area contributed by atoms with E-state index in [4.69, 9.17) is 19.4 Å². The molecule has 3 heterocycles. The highest BCUT2D eigenvalue weighted by molar-refractivity contribution is 7.15. The van der Waals surface area contributed by atoms with E-state index in [2.05, 4.69) is 43.1 Å². The maximum absolute atomic E-state index is 14.5. The molecule has 0 radical (unpaired) electrons. The van der Waals surface area contributed by atoms with E-state index in [1.54, 1.807) is 18.4 Å². The van der Waals surface area contributed by atoms with Crippen LogP contribution >= 0.6 is 11.3 Å². The molecule has 9 nitrogen and oxygen atoms in total. The summed E-state index contributed by atoms with van der Waals surface area (Å²) < 4.78 is 11.4. The molecule has 10 heteroatoms. The van der Waals surface area contributed by atoms with Crippen LogP contribution in [0.1, 0.15) is 92.2 Å². The molecule has 3 saturated carbocycles. The van der Waals surface area contributed by atoms with Gasteiger partial charge < -0.3 is 19.3 Å². The van der Waals surface area contributed by atoms with Crippen molar-refractivity contribution in [3.05, 3.63) is 58.9 Å². The number of benzene rings is 1. The first-order valence-electron chi connectivity index (χ1n) is 18.4. The number of pyridine rings is 1. The van der Waals surface area contributed by atoms with Crippen LogP contribution in [0.3, 0.4) is 0 Å². The normalized spacial score (nSPS) is 24.8. The summed E-state index contributed by atoms with van der Waals surface area (Å²) in [6.45, 7) is 5.94. The maximum atomic E-state index is 14.5. The Labute approximate surface area is 295 Å². The van der Waals surface area contributed by atoms with Gasteiger partial charge in [-0.1, -0.05) is 12.1 Å². The number of piperazine rings is 1. The van der Waals surface area contributed by atoms with Gasteiger partial charge in [-0.2, -0.15) is 0 Å². The largest absolute Gasteiger partial charge is 0.496 e. The van der Waals surface area contributed by atoms with Gasteiger partial charge in [0.25, 0.3) is 0 Å². The Morgan fingerprint density at radius 1 is 0.898 bits per heavy atom. The number of rotatable bonds is 9. The minimum absolute atomic E-state index is 0.104. The number of methoxy groups -OCH3 is 1. The number of likely N-dealkylation sites (N-methyl/N-ethyl adjacent to an activating group) is 1. The summed E-state index contributed by atoms with van der Waals surface area (Å²) in [5.74, 6) is 3.28. The second-order valence-electron chi connectivity index (χ2n) is 14.8. The Morgan fingerprint density at radius 2 is 1.63 bits per heavy atom. The Balaban J connectivity index is 1.03. The number of carbonyl (C=O) groups is 2. The predicted octanol–water partition coefficient (Wildman–Crippen LogP) is 7.65. The maximum Gasteiger partial charge on any atom is 0.410 e. The second kappa shape index (κ2) is 15.2. The number of thiazole rings is 1. The fourth-order valence-electron chi connectivity index (χ4n) is 7.90. The zero-order chi connectivity index (χ0) is 33.9. The molecule has 0 spiro atoms. The van der Waals surface area contributed by atoms with Crippen molar-refractivity contribution >= 4 is 29.2 Å². The first kappa shape index (κ1) is 34.0. The molecule has 262 valence electrons. The van der Waals surface area contributed by atoms with Crippen LogP contribution in [0.5, 0.6) is 5.75 Å². The second-order valence-corrected chi connectivity index (χ2v) is 15.8. The van der Waals surface area contributed by atoms with Crippen LogP contribution in [-0.4, -0.2) is 84.8 Å². The number of ether oxygens (including phenoxy) is 2. The number of hydrogen-bond acceptors (Lipinski definition) is 8. The first-order valence-corrected chi connectivity index (χ1v) is 19.2. The predicted molar refractivity (Wildman–Crippen MR) is 193 cm³/mol. The molecule has 49 heavy (non-hydrogen) atoms. The molecule has 4 fully saturated rings. The molecular formula is C39H51N5O4S. The molecule has 0 unspecified atom stereocenters. The van der Waals surface area contributed by atoms with Gasteiger partial charge >= 0.3 is 6.09 Å². The Morgan fingerprint density at radius 3 is 2.33 bits per heavy atom. The minimum atomic E-state index is -0.209. The lowest BCUT2D eigenvalue weighted by molar-refractivity contribution is -0.124. The molecule has 0 N–H and O–H groups in total. The quantitative estimate of drug-likeness (QED) is 0.229. The number of aromatic nitrogens is 2. The molecule has 1 aliphatic heterocycles. The van der Waals surface area contributed by atoms with Crippen LogP contribution in [0.25, 0.3) is 10.4 Å². The fourth-order valence-corrected chi connectivity index (χ4v) is 8.99. The third kappa shape index (κ3) is 8.12. The molecule has 3 aromatic rings. The average Bonchev–Trinajstić information content (AvgIpc) is 3.86. The number of aryl methyl sites for hydroxylation is 1. The molecule has 1 saturated heterocycles. The van der Waals surface area contributed by atoms with Gasteiger partial charge in [-0.05, 0) is 125 Å². The summed E-state index contributed by atoms with van der Waals surface area (Å²) in [5, 5.41) is 1.22. The lowest BCUT2D eigenvalue weighted by atomic mass is 9.78. The topological polar surface area (TPSA) is 88.1 Å². The van der Waals surface area contributed by atoms with Crippen molar-refractivity contribution in [2.45, 2.75) is 89.1 Å². The highest BCUT2D eigenvalue weighted by Gasteiger charge is 2.35. The van der Waals surface area contributed by atoms with E-state index >= 15 is 0 Å². The van der Waals surface area contributed by atoms with E-state index in [0.29, 0.717) is 50.2 Å². The van der Waals surface area contributed by atoms with Crippen molar-refractivity contribution in [1.29, 1.82) is 0 Å². The van der Waals surface area contributed by atoms with Gasteiger partial charge in [0.2, 0.25) is 5.91 Å². The Hall–Kier alpha value is -3.50. The zero-order valence-corrected chi connectivity index (χ0v) is 30.1. The van der Waals surface area contributed by atoms with Gasteiger partial charge in [-0.3, -0.25) is 9.69 Å². The monoisotopic (exact) mass is 685 g/mol. The fraction of sp³-hybridized carbons (Fsp3) is 0.590. The molecule has 1 aromatic carbocycles. The van der Waals surface area contributed by atoms with Crippen molar-refractivity contribution in [2.24, 2.45) is 11.8 Å². The highest BCUT2D eigenvalue weighted by atomic mass is 32.1. The van der Waals surface area contributed by atoms with Crippen molar-refractivity contribution in [2.75, 3.05) is 51.8 Å². The van der Waals surface area contributed by atoms with Gasteiger partial charge in [0, 0.05) is 57.0 Å². The summed E-state index contributed by atoms with van der Waals surface area (Å²) in [6.07, 6.45) is 13.2. The summed E-state index contributed by atoms with van der Waals surface area (Å²) in [7, 11) is 3.80. The minimum Gasteiger partial charge on any atom is -0.496 e. The Bertz CT molecular complexity index is 1600. The SMILES string of the molecule is COc1ccc(C2CCC(CN(C(=O)C3CCC(OC(=O)N4CCN(C)CC4)CC3)c3cc(-c4cnc(C5CC5)s4)ccn3)CC2)cc1C. The molecule has 4 aliphatic rings. The van der Waals surface area contributed by atoms with Crippen molar-refractivity contribution in [3.8, 4) is 16.2 Å². The highest BCUT2D eigenvalue weighted by Crippen LogP contribution is 2.44. The molecule has 0 bridgehead atoms. The van der Waals surface area contributed by atoms with Crippen LogP contribution < -0.4 is 9.64 Å². The summed E-state index contributed by atoms with van der Waals surface area (Å²) in [4.78, 5) is 44.0. The number of nitrogens with zero attached hydrogens (tertiary/aromatic N) is 5. The molecule has 7 rings (SSSR count). The Kier molecular flexibility index (Phi) is 10.5. The van der Waals surface area contributed by atoms with Gasteiger partial charge in [-0.15, -0.1) is 11.3 Å². The molecule has 2 amide bonds. The first-order chi connectivity index (χ1) is 23.8. The van der Waals surface area contributed by atoms with E-state index < -0.39 is 0 Å². The summed E-state index contributed by atoms with van der Waals surface area (Å²) >= 11 is 1.77. The van der Waals surface area contributed by atoms with Gasteiger partial charge in [-0.25, -0.2) is 14.8 Å². The number of anilines is 1. The van der Waals surface area contributed by atoms with Crippen LogP contribution in [0.2, 0.25) is 0 Å². The average molecular weight is 686 g/mol. The van der Waals surface area contributed by atoms with Crippen molar-refractivity contribution in [3.63, 3.8) is 0 Å². The lowest BCUT2D eigenvalue weighted by Gasteiger charge is -2.36. The summed E-state index contributed by atoms with van der Waals surface area (Å²) in [6, 6.07) is 10.7. The van der Waals surface area contributed by atoms with Crippen LogP contribution in [0.15, 0.2) is 42.7 Å². The molecule has 2 aromatic heterocycles. The molecular weight excluding hydrogens is 635 g/mol. The van der Waals surface area contributed by atoms with Crippen molar-refractivity contribution in [1.82, 2.24) is 19.8 Å². The number of hydrogen-bond donors (Lipinski definition) is 0.